The summed E-state index contributed by atoms with van der Waals surface area (Å²) >= 11 is 25.0. The van der Waals surface area contributed by atoms with E-state index in [-0.39, 0.29) is 27.5 Å². The molecular formula is C25H13Cl4FN4O2. The third-order valence-corrected chi connectivity index (χ3v) is 7.06. The van der Waals surface area contributed by atoms with E-state index in [0.29, 0.717) is 16.1 Å². The van der Waals surface area contributed by atoms with Gasteiger partial charge in [0.25, 0.3) is 5.91 Å². The summed E-state index contributed by atoms with van der Waals surface area (Å²) in [6.45, 7) is 0. The molecule has 1 aliphatic carbocycles. The lowest BCUT2D eigenvalue weighted by Gasteiger charge is -2.11. The number of nitriles is 2. The molecule has 0 aromatic heterocycles. The number of hydrogen-bond acceptors (Lipinski definition) is 4. The van der Waals surface area contributed by atoms with E-state index < -0.39 is 33.8 Å². The lowest BCUT2D eigenvalue weighted by Crippen LogP contribution is -2.18. The molecule has 0 bridgehead atoms. The molecule has 0 saturated heterocycles. The molecule has 0 spiro atoms. The second-order valence-electron chi connectivity index (χ2n) is 7.95. The lowest BCUT2D eigenvalue weighted by atomic mass is 10.1. The van der Waals surface area contributed by atoms with Gasteiger partial charge >= 0.3 is 0 Å². The highest BCUT2D eigenvalue weighted by molar-refractivity contribution is 6.53. The largest absolute Gasteiger partial charge is 0.326 e. The summed E-state index contributed by atoms with van der Waals surface area (Å²) in [6, 6.07) is 16.0. The number of anilines is 2. The van der Waals surface area contributed by atoms with Gasteiger partial charge in [0.15, 0.2) is 0 Å². The molecule has 1 aliphatic rings. The van der Waals surface area contributed by atoms with Gasteiger partial charge < -0.3 is 10.6 Å². The molecule has 2 atom stereocenters. The van der Waals surface area contributed by atoms with Gasteiger partial charge in [-0.1, -0.05) is 23.2 Å². The zero-order valence-electron chi connectivity index (χ0n) is 18.0. The average molecular weight is 562 g/mol. The third kappa shape index (κ3) is 5.11. The topological polar surface area (TPSA) is 106 Å². The highest BCUT2D eigenvalue weighted by Gasteiger charge is 2.67. The molecule has 0 heterocycles. The van der Waals surface area contributed by atoms with Crippen LogP contribution in [0.1, 0.15) is 33.0 Å². The minimum Gasteiger partial charge on any atom is -0.326 e. The third-order valence-electron chi connectivity index (χ3n) is 5.57. The Balaban J connectivity index is 1.53. The number of halogens is 5. The molecule has 36 heavy (non-hydrogen) atoms. The number of amides is 2. The fourth-order valence-electron chi connectivity index (χ4n) is 3.83. The molecule has 0 radical (unpaired) electrons. The van der Waals surface area contributed by atoms with Crippen LogP contribution in [0.3, 0.4) is 0 Å². The molecule has 11 heteroatoms. The quantitative estimate of drug-likeness (QED) is 0.340. The summed E-state index contributed by atoms with van der Waals surface area (Å²) < 4.78 is 12.0. The maximum absolute atomic E-state index is 13.4. The second kappa shape index (κ2) is 9.97. The zero-order valence-corrected chi connectivity index (χ0v) is 21.0. The average Bonchev–Trinajstić information content (AvgIpc) is 3.42. The van der Waals surface area contributed by atoms with Crippen molar-refractivity contribution >= 4 is 69.6 Å². The van der Waals surface area contributed by atoms with Gasteiger partial charge in [-0.2, -0.15) is 10.5 Å². The molecular weight excluding hydrogens is 549 g/mol. The van der Waals surface area contributed by atoms with E-state index in [2.05, 4.69) is 10.6 Å². The molecule has 0 unspecified atom stereocenters. The van der Waals surface area contributed by atoms with E-state index in [0.717, 1.165) is 12.1 Å². The summed E-state index contributed by atoms with van der Waals surface area (Å²) in [5, 5.41) is 24.0. The van der Waals surface area contributed by atoms with E-state index in [4.69, 9.17) is 46.4 Å². The smallest absolute Gasteiger partial charge is 0.257 e. The van der Waals surface area contributed by atoms with Crippen molar-refractivity contribution in [1.82, 2.24) is 0 Å². The number of nitrogens with zero attached hydrogens (tertiary/aromatic N) is 2. The molecule has 0 aliphatic heterocycles. The Labute approximate surface area is 225 Å². The maximum atomic E-state index is 13.4. The van der Waals surface area contributed by atoms with Crippen LogP contribution in [-0.2, 0) is 4.79 Å². The van der Waals surface area contributed by atoms with Crippen molar-refractivity contribution in [3.63, 3.8) is 0 Å². The van der Waals surface area contributed by atoms with E-state index in [1.807, 2.05) is 6.07 Å². The van der Waals surface area contributed by atoms with Crippen LogP contribution in [0.25, 0.3) is 0 Å². The van der Waals surface area contributed by atoms with Crippen molar-refractivity contribution in [1.29, 1.82) is 10.5 Å². The second-order valence-corrected chi connectivity index (χ2v) is 10.2. The molecule has 3 aromatic rings. The molecule has 2 amide bonds. The van der Waals surface area contributed by atoms with Crippen LogP contribution in [0.2, 0.25) is 10.0 Å². The predicted molar refractivity (Wildman–Crippen MR) is 136 cm³/mol. The van der Waals surface area contributed by atoms with Crippen molar-refractivity contribution in [3.05, 3.63) is 92.7 Å². The van der Waals surface area contributed by atoms with Gasteiger partial charge in [-0.25, -0.2) is 4.39 Å². The van der Waals surface area contributed by atoms with Gasteiger partial charge in [0.05, 0.1) is 39.4 Å². The number of carbonyl (C=O) groups is 2. The lowest BCUT2D eigenvalue weighted by molar-refractivity contribution is -0.117. The zero-order chi connectivity index (χ0) is 26.2. The maximum Gasteiger partial charge on any atom is 0.257 e. The number of nitrogens with one attached hydrogen (secondary N) is 2. The first-order chi connectivity index (χ1) is 17.0. The van der Waals surface area contributed by atoms with E-state index in [1.54, 1.807) is 18.2 Å². The first kappa shape index (κ1) is 25.8. The molecule has 6 nitrogen and oxygen atoms in total. The van der Waals surface area contributed by atoms with Gasteiger partial charge in [0, 0.05) is 16.6 Å². The fraction of sp³-hybridized carbons (Fsp3) is 0.120. The van der Waals surface area contributed by atoms with Gasteiger partial charge in [0.2, 0.25) is 5.91 Å². The highest BCUT2D eigenvalue weighted by atomic mass is 35.5. The summed E-state index contributed by atoms with van der Waals surface area (Å²) in [7, 11) is 0. The Kier molecular flexibility index (Phi) is 7.13. The van der Waals surface area contributed by atoms with Crippen molar-refractivity contribution in [2.24, 2.45) is 5.92 Å². The Hall–Kier alpha value is -3.33. The van der Waals surface area contributed by atoms with E-state index >= 15 is 0 Å². The summed E-state index contributed by atoms with van der Waals surface area (Å²) in [5.74, 6) is -3.26. The van der Waals surface area contributed by atoms with Gasteiger partial charge in [-0.05, 0) is 60.2 Å². The van der Waals surface area contributed by atoms with Crippen molar-refractivity contribution in [3.8, 4) is 12.1 Å². The molecule has 1 fully saturated rings. The van der Waals surface area contributed by atoms with Crippen LogP contribution in [0.5, 0.6) is 0 Å². The van der Waals surface area contributed by atoms with Crippen LogP contribution in [-0.4, -0.2) is 16.1 Å². The number of carbonyl (C=O) groups excluding carboxylic acids is 2. The van der Waals surface area contributed by atoms with Crippen LogP contribution in [0.15, 0.2) is 54.6 Å². The van der Waals surface area contributed by atoms with Crippen LogP contribution < -0.4 is 10.6 Å². The van der Waals surface area contributed by atoms with E-state index in [1.165, 1.54) is 30.3 Å². The van der Waals surface area contributed by atoms with Crippen LogP contribution in [0, 0.1) is 34.4 Å². The molecule has 2 N–H and O–H groups in total. The fourth-order valence-corrected chi connectivity index (χ4v) is 5.10. The first-order valence-corrected chi connectivity index (χ1v) is 11.8. The Morgan fingerprint density at radius 2 is 1.69 bits per heavy atom. The highest BCUT2D eigenvalue weighted by Crippen LogP contribution is 2.65. The van der Waals surface area contributed by atoms with Crippen molar-refractivity contribution in [2.75, 3.05) is 10.6 Å². The normalized spacial score (nSPS) is 17.4. The standard InChI is InChI=1S/C25H13Cl4FN4O2/c26-15-6-12(10-31)5-13(7-15)21-22(25(21,28)29)24(36)33-17-2-3-19(27)18(9-17)23(35)34-20-4-1-16(30)8-14(20)11-32/h1-9,21-22H,(H,33,36)(H,34,35)/t21-,22+/m0/s1. The number of rotatable bonds is 5. The van der Waals surface area contributed by atoms with Gasteiger partial charge in [-0.15, -0.1) is 23.2 Å². The molecule has 4 rings (SSSR count). The first-order valence-electron chi connectivity index (χ1n) is 10.2. The minimum atomic E-state index is -1.43. The van der Waals surface area contributed by atoms with Crippen LogP contribution >= 0.6 is 46.4 Å². The van der Waals surface area contributed by atoms with Crippen molar-refractivity contribution in [2.45, 2.75) is 10.3 Å². The number of alkyl halides is 2. The Morgan fingerprint density at radius 3 is 2.39 bits per heavy atom. The SMILES string of the molecule is N#Cc1cc(Cl)cc([C@H]2[C@H](C(=O)Nc3ccc(Cl)c(C(=O)Nc4ccc(F)cc4C#N)c3)C2(Cl)Cl)c1. The van der Waals surface area contributed by atoms with Gasteiger partial charge in [0.1, 0.15) is 16.2 Å². The monoisotopic (exact) mass is 560 g/mol. The molecule has 1 saturated carbocycles. The molecule has 180 valence electrons. The van der Waals surface area contributed by atoms with Crippen molar-refractivity contribution < 1.29 is 14.0 Å². The Morgan fingerprint density at radius 1 is 0.944 bits per heavy atom. The minimum absolute atomic E-state index is 0.00606. The summed E-state index contributed by atoms with van der Waals surface area (Å²) in [4.78, 5) is 25.8. The summed E-state index contributed by atoms with van der Waals surface area (Å²) in [5.41, 5.74) is 1.14. The predicted octanol–water partition coefficient (Wildman–Crippen LogP) is 6.65. The summed E-state index contributed by atoms with van der Waals surface area (Å²) in [6.07, 6.45) is 0. The molecule has 3 aromatic carbocycles. The number of benzene rings is 3. The number of hydrogen-bond donors (Lipinski definition) is 2. The van der Waals surface area contributed by atoms with E-state index in [9.17, 15) is 24.5 Å². The van der Waals surface area contributed by atoms with Crippen LogP contribution in [0.4, 0.5) is 15.8 Å². The Bertz CT molecular complexity index is 1500. The van der Waals surface area contributed by atoms with Gasteiger partial charge in [-0.3, -0.25) is 9.59 Å².